The van der Waals surface area contributed by atoms with Crippen molar-refractivity contribution in [1.82, 2.24) is 5.32 Å². The van der Waals surface area contributed by atoms with E-state index in [0.717, 1.165) is 12.8 Å². The molecule has 1 aliphatic rings. The van der Waals surface area contributed by atoms with E-state index in [0.29, 0.717) is 25.1 Å². The fraction of sp³-hybridized carbons (Fsp3) is 0.889. The average molecular weight is 234 g/mol. The Balaban J connectivity index is 2.19. The molecular weight excluding hydrogens is 216 g/mol. The van der Waals surface area contributed by atoms with E-state index in [4.69, 9.17) is 5.73 Å². The lowest BCUT2D eigenvalue weighted by Crippen LogP contribution is -2.40. The molecule has 0 aromatic carbocycles. The zero-order chi connectivity index (χ0) is 11.3. The molecule has 0 spiro atoms. The van der Waals surface area contributed by atoms with Crippen LogP contribution in [0.3, 0.4) is 0 Å². The van der Waals surface area contributed by atoms with Crippen molar-refractivity contribution in [3.05, 3.63) is 0 Å². The molecular formula is C9H18N2O3S. The van der Waals surface area contributed by atoms with Crippen molar-refractivity contribution in [2.24, 2.45) is 5.73 Å². The molecule has 0 aromatic heterocycles. The summed E-state index contributed by atoms with van der Waals surface area (Å²) in [5.41, 5.74) is 4.99. The van der Waals surface area contributed by atoms with Crippen LogP contribution in [0.25, 0.3) is 0 Å². The average Bonchev–Trinajstić information content (AvgIpc) is 2.10. The number of carbonyl (C=O) groups excluding carboxylic acids is 1. The molecule has 1 unspecified atom stereocenters. The maximum Gasteiger partial charge on any atom is 0.217 e. The van der Waals surface area contributed by atoms with E-state index in [9.17, 15) is 13.2 Å². The van der Waals surface area contributed by atoms with Gasteiger partial charge in [-0.3, -0.25) is 4.79 Å². The van der Waals surface area contributed by atoms with Crippen molar-refractivity contribution in [3.8, 4) is 0 Å². The van der Waals surface area contributed by atoms with Crippen molar-refractivity contribution in [2.75, 3.05) is 18.1 Å². The number of nitrogens with one attached hydrogen (secondary N) is 1. The summed E-state index contributed by atoms with van der Waals surface area (Å²) >= 11 is 0. The second-order valence-corrected chi connectivity index (χ2v) is 6.21. The lowest BCUT2D eigenvalue weighted by Gasteiger charge is -2.22. The molecule has 1 aliphatic heterocycles. The van der Waals surface area contributed by atoms with Gasteiger partial charge >= 0.3 is 0 Å². The van der Waals surface area contributed by atoms with E-state index < -0.39 is 9.84 Å². The Kier molecular flexibility index (Phi) is 4.53. The monoisotopic (exact) mass is 234 g/mol. The van der Waals surface area contributed by atoms with Crippen LogP contribution >= 0.6 is 0 Å². The molecule has 0 aliphatic carbocycles. The molecule has 1 rings (SSSR count). The fourth-order valence-corrected chi connectivity index (χ4v) is 3.42. The minimum atomic E-state index is -2.84. The molecule has 0 radical (unpaired) electrons. The normalized spacial score (nSPS) is 24.9. The fourth-order valence-electron chi connectivity index (χ4n) is 1.75. The maximum atomic E-state index is 11.3. The van der Waals surface area contributed by atoms with Crippen molar-refractivity contribution >= 4 is 15.7 Å². The molecule has 6 heteroatoms. The smallest absolute Gasteiger partial charge is 0.217 e. The molecule has 15 heavy (non-hydrogen) atoms. The maximum absolute atomic E-state index is 11.3. The number of primary amides is 1. The summed E-state index contributed by atoms with van der Waals surface area (Å²) in [4.78, 5) is 10.5. The minimum absolute atomic E-state index is 0.0524. The van der Waals surface area contributed by atoms with Crippen molar-refractivity contribution < 1.29 is 13.2 Å². The largest absolute Gasteiger partial charge is 0.370 e. The van der Waals surface area contributed by atoms with Gasteiger partial charge in [0.15, 0.2) is 9.84 Å². The Bertz CT molecular complexity index is 313. The van der Waals surface area contributed by atoms with E-state index in [1.807, 2.05) is 0 Å². The first kappa shape index (κ1) is 12.4. The zero-order valence-corrected chi connectivity index (χ0v) is 9.55. The van der Waals surface area contributed by atoms with Crippen LogP contribution in [-0.4, -0.2) is 38.4 Å². The number of nitrogens with two attached hydrogens (primary N) is 1. The Morgan fingerprint density at radius 2 is 2.20 bits per heavy atom. The third kappa shape index (κ3) is 5.13. The summed E-state index contributed by atoms with van der Waals surface area (Å²) in [7, 11) is -2.84. The molecule has 1 saturated heterocycles. The molecule has 0 bridgehead atoms. The lowest BCUT2D eigenvalue weighted by atomic mass is 10.2. The summed E-state index contributed by atoms with van der Waals surface area (Å²) < 4.78 is 22.6. The highest BCUT2D eigenvalue weighted by molar-refractivity contribution is 7.91. The van der Waals surface area contributed by atoms with E-state index in [1.54, 1.807) is 0 Å². The first-order valence-corrected chi connectivity index (χ1v) is 7.04. The van der Waals surface area contributed by atoms with Gasteiger partial charge in [-0.2, -0.15) is 0 Å². The number of carbonyl (C=O) groups is 1. The van der Waals surface area contributed by atoms with Crippen LogP contribution in [0.1, 0.15) is 25.7 Å². The van der Waals surface area contributed by atoms with Gasteiger partial charge in [-0.25, -0.2) is 8.42 Å². The molecule has 0 aromatic rings. The SMILES string of the molecule is NC(=O)CCCNC1CCCS(=O)(=O)C1. The van der Waals surface area contributed by atoms with E-state index in [-0.39, 0.29) is 17.7 Å². The summed E-state index contributed by atoms with van der Waals surface area (Å²) in [6.07, 6.45) is 2.66. The van der Waals surface area contributed by atoms with Gasteiger partial charge in [-0.1, -0.05) is 0 Å². The van der Waals surface area contributed by atoms with E-state index >= 15 is 0 Å². The summed E-state index contributed by atoms with van der Waals surface area (Å²) in [6.45, 7) is 0.656. The summed E-state index contributed by atoms with van der Waals surface area (Å²) in [5.74, 6) is 0.226. The molecule has 3 N–H and O–H groups in total. The summed E-state index contributed by atoms with van der Waals surface area (Å²) in [6, 6.07) is 0.0524. The van der Waals surface area contributed by atoms with E-state index in [1.165, 1.54) is 0 Å². The number of amides is 1. The topological polar surface area (TPSA) is 89.3 Å². The van der Waals surface area contributed by atoms with Crippen LogP contribution in [-0.2, 0) is 14.6 Å². The Labute approximate surface area is 90.3 Å². The highest BCUT2D eigenvalue weighted by Crippen LogP contribution is 2.11. The second-order valence-electron chi connectivity index (χ2n) is 3.98. The van der Waals surface area contributed by atoms with Gasteiger partial charge in [-0.05, 0) is 25.8 Å². The van der Waals surface area contributed by atoms with Crippen LogP contribution in [0.15, 0.2) is 0 Å². The molecule has 1 amide bonds. The van der Waals surface area contributed by atoms with Crippen LogP contribution < -0.4 is 11.1 Å². The number of hydrogen-bond donors (Lipinski definition) is 2. The van der Waals surface area contributed by atoms with Gasteiger partial charge in [0, 0.05) is 12.5 Å². The van der Waals surface area contributed by atoms with Gasteiger partial charge in [0.05, 0.1) is 11.5 Å². The van der Waals surface area contributed by atoms with Crippen LogP contribution in [0.2, 0.25) is 0 Å². The zero-order valence-electron chi connectivity index (χ0n) is 8.74. The third-order valence-corrected chi connectivity index (χ3v) is 4.32. The molecule has 1 atom stereocenters. The number of sulfone groups is 1. The van der Waals surface area contributed by atoms with Crippen molar-refractivity contribution in [3.63, 3.8) is 0 Å². The Morgan fingerprint density at radius 1 is 1.47 bits per heavy atom. The molecule has 0 saturated carbocycles. The minimum Gasteiger partial charge on any atom is -0.370 e. The van der Waals surface area contributed by atoms with Gasteiger partial charge in [-0.15, -0.1) is 0 Å². The molecule has 88 valence electrons. The van der Waals surface area contributed by atoms with Gasteiger partial charge in [0.25, 0.3) is 0 Å². The molecule has 1 heterocycles. The molecule has 1 fully saturated rings. The quantitative estimate of drug-likeness (QED) is 0.623. The second kappa shape index (κ2) is 5.46. The predicted octanol–water partition coefficient (Wildman–Crippen LogP) is -0.581. The van der Waals surface area contributed by atoms with Gasteiger partial charge in [0.1, 0.15) is 0 Å². The first-order valence-electron chi connectivity index (χ1n) is 5.22. The van der Waals surface area contributed by atoms with E-state index in [2.05, 4.69) is 5.32 Å². The van der Waals surface area contributed by atoms with Crippen LogP contribution in [0.4, 0.5) is 0 Å². The van der Waals surface area contributed by atoms with Crippen molar-refractivity contribution in [1.29, 1.82) is 0 Å². The van der Waals surface area contributed by atoms with Gasteiger partial charge < -0.3 is 11.1 Å². The summed E-state index contributed by atoms with van der Waals surface area (Å²) in [5, 5.41) is 3.15. The van der Waals surface area contributed by atoms with Crippen molar-refractivity contribution in [2.45, 2.75) is 31.7 Å². The Hall–Kier alpha value is -0.620. The lowest BCUT2D eigenvalue weighted by molar-refractivity contribution is -0.118. The predicted molar refractivity (Wildman–Crippen MR) is 58.1 cm³/mol. The van der Waals surface area contributed by atoms with Crippen LogP contribution in [0.5, 0.6) is 0 Å². The van der Waals surface area contributed by atoms with Gasteiger partial charge in [0.2, 0.25) is 5.91 Å². The number of hydrogen-bond acceptors (Lipinski definition) is 4. The molecule has 5 nitrogen and oxygen atoms in total. The first-order chi connectivity index (χ1) is 6.99. The standard InChI is InChI=1S/C9H18N2O3S/c10-9(12)4-1-5-11-8-3-2-6-15(13,14)7-8/h8,11H,1-7H2,(H2,10,12). The third-order valence-electron chi connectivity index (χ3n) is 2.50. The number of rotatable bonds is 5. The highest BCUT2D eigenvalue weighted by Gasteiger charge is 2.23. The highest BCUT2D eigenvalue weighted by atomic mass is 32.2. The Morgan fingerprint density at radius 3 is 2.80 bits per heavy atom. The van der Waals surface area contributed by atoms with Crippen LogP contribution in [0, 0.1) is 0 Å².